The lowest BCUT2D eigenvalue weighted by molar-refractivity contribution is 0.155. The second kappa shape index (κ2) is 7.31. The van der Waals surface area contributed by atoms with E-state index < -0.39 is 16.1 Å². The summed E-state index contributed by atoms with van der Waals surface area (Å²) in [6.45, 7) is 0.0763. The van der Waals surface area contributed by atoms with Gasteiger partial charge in [-0.1, -0.05) is 41.9 Å². The highest BCUT2D eigenvalue weighted by atomic mass is 79.9. The molecular weight excluding hydrogens is 408 g/mol. The van der Waals surface area contributed by atoms with Crippen LogP contribution >= 0.6 is 27.5 Å². The van der Waals surface area contributed by atoms with Gasteiger partial charge in [0, 0.05) is 5.02 Å². The molecule has 0 aliphatic rings. The van der Waals surface area contributed by atoms with E-state index in [4.69, 9.17) is 21.5 Å². The molecule has 0 fully saturated rings. The molecule has 0 aromatic heterocycles. The first-order valence-electron chi connectivity index (χ1n) is 6.27. The molecule has 0 radical (unpaired) electrons. The fraction of sp³-hybridized carbons (Fsp3) is 0.0714. The van der Waals surface area contributed by atoms with E-state index in [0.717, 1.165) is 5.56 Å². The Hall–Kier alpha value is -1.61. The van der Waals surface area contributed by atoms with Crippen LogP contribution in [0.3, 0.4) is 0 Å². The maximum atomic E-state index is 11.8. The van der Waals surface area contributed by atoms with Crippen LogP contribution in [-0.2, 0) is 21.4 Å². The summed E-state index contributed by atoms with van der Waals surface area (Å²) >= 11 is 8.94. The van der Waals surface area contributed by atoms with Gasteiger partial charge in [-0.3, -0.25) is 5.32 Å². The number of nitrogens with one attached hydrogen (secondary N) is 1. The van der Waals surface area contributed by atoms with Crippen molar-refractivity contribution in [1.82, 2.24) is 0 Å². The predicted molar refractivity (Wildman–Crippen MR) is 90.8 cm³/mol. The Labute approximate surface area is 146 Å². The van der Waals surface area contributed by atoms with E-state index in [-0.39, 0.29) is 26.7 Å². The third-order valence-electron chi connectivity index (χ3n) is 2.76. The number of carbonyl (C=O) groups is 1. The maximum absolute atomic E-state index is 11.8. The molecule has 0 saturated carbocycles. The van der Waals surface area contributed by atoms with Gasteiger partial charge in [0.25, 0.3) is 0 Å². The molecule has 2 aromatic rings. The third-order valence-corrected chi connectivity index (χ3v) is 5.03. The monoisotopic (exact) mass is 418 g/mol. The normalized spacial score (nSPS) is 11.1. The van der Waals surface area contributed by atoms with Crippen molar-refractivity contribution >= 4 is 49.3 Å². The van der Waals surface area contributed by atoms with E-state index in [1.54, 1.807) is 0 Å². The molecular formula is C14H12BrClN2O4S. The van der Waals surface area contributed by atoms with Crippen LogP contribution in [0.1, 0.15) is 5.56 Å². The van der Waals surface area contributed by atoms with Gasteiger partial charge in [0.05, 0.1) is 15.1 Å². The Kier molecular flexibility index (Phi) is 5.64. The van der Waals surface area contributed by atoms with Crippen molar-refractivity contribution in [2.24, 2.45) is 5.14 Å². The van der Waals surface area contributed by atoms with Gasteiger partial charge >= 0.3 is 6.09 Å². The van der Waals surface area contributed by atoms with Gasteiger partial charge in [-0.15, -0.1) is 0 Å². The maximum Gasteiger partial charge on any atom is 0.411 e. The van der Waals surface area contributed by atoms with Crippen molar-refractivity contribution in [2.45, 2.75) is 11.5 Å². The first-order chi connectivity index (χ1) is 10.8. The van der Waals surface area contributed by atoms with Gasteiger partial charge in [-0.25, -0.2) is 18.4 Å². The molecule has 6 nitrogen and oxygen atoms in total. The van der Waals surface area contributed by atoms with E-state index in [1.807, 2.05) is 30.3 Å². The number of ether oxygens (including phenoxy) is 1. The number of carbonyl (C=O) groups excluding carboxylic acids is 1. The number of primary sulfonamides is 1. The van der Waals surface area contributed by atoms with Crippen molar-refractivity contribution < 1.29 is 17.9 Å². The van der Waals surface area contributed by atoms with Crippen LogP contribution in [-0.4, -0.2) is 14.5 Å². The summed E-state index contributed by atoms with van der Waals surface area (Å²) in [6, 6.07) is 11.7. The summed E-state index contributed by atoms with van der Waals surface area (Å²) in [6.07, 6.45) is -0.753. The van der Waals surface area contributed by atoms with E-state index >= 15 is 0 Å². The minimum atomic E-state index is -3.99. The number of rotatable bonds is 4. The average molecular weight is 420 g/mol. The number of halogens is 2. The van der Waals surface area contributed by atoms with E-state index in [2.05, 4.69) is 21.2 Å². The standard InChI is InChI=1S/C14H12BrClN2O4S/c15-13-11(6-10(16)7-12(13)23(17,20)21)18-14(19)22-8-9-4-2-1-3-5-9/h1-7H,8H2,(H,18,19)(H2,17,20,21). The molecule has 2 rings (SSSR count). The largest absolute Gasteiger partial charge is 0.444 e. The molecule has 0 heterocycles. The highest BCUT2D eigenvalue weighted by Gasteiger charge is 2.18. The number of anilines is 1. The first-order valence-corrected chi connectivity index (χ1v) is 8.98. The minimum absolute atomic E-state index is 0.0763. The van der Waals surface area contributed by atoms with Gasteiger partial charge in [0.1, 0.15) is 6.61 Å². The summed E-state index contributed by atoms with van der Waals surface area (Å²) in [5.74, 6) is 0. The minimum Gasteiger partial charge on any atom is -0.444 e. The molecule has 122 valence electrons. The van der Waals surface area contributed by atoms with Gasteiger partial charge in [0.15, 0.2) is 0 Å². The third kappa shape index (κ3) is 4.93. The van der Waals surface area contributed by atoms with Gasteiger partial charge in [-0.05, 0) is 33.6 Å². The Morgan fingerprint density at radius 1 is 1.26 bits per heavy atom. The van der Waals surface area contributed by atoms with Crippen molar-refractivity contribution in [2.75, 3.05) is 5.32 Å². The SMILES string of the molecule is NS(=O)(=O)c1cc(Cl)cc(NC(=O)OCc2ccccc2)c1Br. The summed E-state index contributed by atoms with van der Waals surface area (Å²) in [4.78, 5) is 11.6. The van der Waals surface area contributed by atoms with Crippen LogP contribution in [0.25, 0.3) is 0 Å². The van der Waals surface area contributed by atoms with Crippen molar-refractivity contribution in [3.63, 3.8) is 0 Å². The molecule has 0 aliphatic heterocycles. The quantitative estimate of drug-likeness (QED) is 0.792. The molecule has 0 spiro atoms. The summed E-state index contributed by atoms with van der Waals surface area (Å²) in [5, 5.41) is 7.63. The Morgan fingerprint density at radius 3 is 2.52 bits per heavy atom. The average Bonchev–Trinajstić information content (AvgIpc) is 2.48. The van der Waals surface area contributed by atoms with E-state index in [9.17, 15) is 13.2 Å². The number of hydrogen-bond donors (Lipinski definition) is 2. The number of sulfonamides is 1. The molecule has 9 heteroatoms. The zero-order valence-electron chi connectivity index (χ0n) is 11.6. The Bertz CT molecular complexity index is 828. The van der Waals surface area contributed by atoms with Crippen LogP contribution in [0, 0.1) is 0 Å². The van der Waals surface area contributed by atoms with Crippen molar-refractivity contribution in [1.29, 1.82) is 0 Å². The molecule has 2 aromatic carbocycles. The molecule has 0 saturated heterocycles. The van der Waals surface area contributed by atoms with Crippen molar-refractivity contribution in [3.8, 4) is 0 Å². The molecule has 0 bridgehead atoms. The first kappa shape index (κ1) is 17.7. The van der Waals surface area contributed by atoms with Gasteiger partial charge < -0.3 is 4.74 Å². The Balaban J connectivity index is 2.13. The molecule has 23 heavy (non-hydrogen) atoms. The number of amides is 1. The van der Waals surface area contributed by atoms with Crippen LogP contribution < -0.4 is 10.5 Å². The number of hydrogen-bond acceptors (Lipinski definition) is 4. The second-order valence-electron chi connectivity index (χ2n) is 4.50. The van der Waals surface area contributed by atoms with Crippen LogP contribution in [0.15, 0.2) is 51.8 Å². The summed E-state index contributed by atoms with van der Waals surface area (Å²) in [7, 11) is -3.99. The van der Waals surface area contributed by atoms with E-state index in [1.165, 1.54) is 12.1 Å². The molecule has 1 amide bonds. The van der Waals surface area contributed by atoms with Crippen molar-refractivity contribution in [3.05, 3.63) is 57.5 Å². The van der Waals surface area contributed by atoms with E-state index in [0.29, 0.717) is 0 Å². The zero-order valence-corrected chi connectivity index (χ0v) is 14.8. The molecule has 0 unspecified atom stereocenters. The fourth-order valence-electron chi connectivity index (χ4n) is 1.73. The number of benzene rings is 2. The zero-order chi connectivity index (χ0) is 17.0. The Morgan fingerprint density at radius 2 is 1.91 bits per heavy atom. The predicted octanol–water partition coefficient (Wildman–Crippen LogP) is 3.50. The lowest BCUT2D eigenvalue weighted by atomic mass is 10.2. The number of nitrogens with two attached hydrogens (primary N) is 1. The molecule has 3 N–H and O–H groups in total. The highest BCUT2D eigenvalue weighted by Crippen LogP contribution is 2.33. The molecule has 0 atom stereocenters. The molecule has 0 aliphatic carbocycles. The lowest BCUT2D eigenvalue weighted by Gasteiger charge is -2.11. The summed E-state index contributed by atoms with van der Waals surface area (Å²) in [5.41, 5.74) is 0.956. The van der Waals surface area contributed by atoms with Crippen LogP contribution in [0.4, 0.5) is 10.5 Å². The smallest absolute Gasteiger partial charge is 0.411 e. The summed E-state index contributed by atoms with van der Waals surface area (Å²) < 4.78 is 28.2. The van der Waals surface area contributed by atoms with Gasteiger partial charge in [-0.2, -0.15) is 0 Å². The second-order valence-corrected chi connectivity index (χ2v) is 7.26. The van der Waals surface area contributed by atoms with Crippen LogP contribution in [0.2, 0.25) is 5.02 Å². The topological polar surface area (TPSA) is 98.5 Å². The highest BCUT2D eigenvalue weighted by molar-refractivity contribution is 9.10. The van der Waals surface area contributed by atoms with Gasteiger partial charge in [0.2, 0.25) is 10.0 Å². The lowest BCUT2D eigenvalue weighted by Crippen LogP contribution is -2.17. The fourth-order valence-corrected chi connectivity index (χ4v) is 3.67. The van der Waals surface area contributed by atoms with Crippen LogP contribution in [0.5, 0.6) is 0 Å².